The van der Waals surface area contributed by atoms with Crippen molar-refractivity contribution in [1.82, 2.24) is 15.3 Å². The van der Waals surface area contributed by atoms with Crippen LogP contribution in [0.3, 0.4) is 0 Å². The Hall–Kier alpha value is -3.24. The van der Waals surface area contributed by atoms with Gasteiger partial charge >= 0.3 is 6.01 Å². The lowest BCUT2D eigenvalue weighted by atomic mass is 10.2. The third-order valence-corrected chi connectivity index (χ3v) is 4.35. The van der Waals surface area contributed by atoms with Crippen molar-refractivity contribution < 1.29 is 19.4 Å². The lowest BCUT2D eigenvalue weighted by molar-refractivity contribution is -0.119. The Labute approximate surface area is 173 Å². The molecule has 0 saturated heterocycles. The molecule has 0 bridgehead atoms. The van der Waals surface area contributed by atoms with E-state index in [2.05, 4.69) is 21.2 Å². The van der Waals surface area contributed by atoms with Crippen molar-refractivity contribution in [1.29, 1.82) is 0 Å². The van der Waals surface area contributed by atoms with Gasteiger partial charge < -0.3 is 19.9 Å². The highest BCUT2D eigenvalue weighted by Gasteiger charge is 2.23. The Bertz CT molecular complexity index is 950. The van der Waals surface area contributed by atoms with Crippen molar-refractivity contribution >= 4 is 23.6 Å². The lowest BCUT2D eigenvalue weighted by Gasteiger charge is -2.11. The number of nitrogens with zero attached hydrogens (tertiary/aromatic N) is 2. The molecule has 0 aliphatic heterocycles. The summed E-state index contributed by atoms with van der Waals surface area (Å²) in [4.78, 5) is 19.3. The van der Waals surface area contributed by atoms with E-state index in [0.29, 0.717) is 23.8 Å². The number of hydrogen-bond acceptors (Lipinski definition) is 6. The number of terminal acetylenes is 1. The summed E-state index contributed by atoms with van der Waals surface area (Å²) in [7, 11) is 0. The first-order valence-electron chi connectivity index (χ1n) is 9.01. The molecule has 29 heavy (non-hydrogen) atoms. The van der Waals surface area contributed by atoms with E-state index in [-0.39, 0.29) is 28.4 Å². The van der Waals surface area contributed by atoms with Crippen molar-refractivity contribution in [2.45, 2.75) is 25.8 Å². The molecular formula is C21H20ClN3O4. The SMILES string of the molecule is C#C[C@@H](/C=C/c1cnc(Oc2cc(O)c(OCC3CC3)cc2Cl)nc1)NC(C)=O. The maximum atomic E-state index is 11.1. The van der Waals surface area contributed by atoms with Gasteiger partial charge in [-0.15, -0.1) is 6.42 Å². The van der Waals surface area contributed by atoms with E-state index in [9.17, 15) is 9.90 Å². The van der Waals surface area contributed by atoms with Crippen LogP contribution in [-0.4, -0.2) is 33.6 Å². The summed E-state index contributed by atoms with van der Waals surface area (Å²) in [6.45, 7) is 1.95. The third-order valence-electron chi connectivity index (χ3n) is 4.05. The number of phenolic OH excluding ortho intramolecular Hbond substituents is 1. The summed E-state index contributed by atoms with van der Waals surface area (Å²) >= 11 is 6.22. The summed E-state index contributed by atoms with van der Waals surface area (Å²) in [5, 5.41) is 13.0. The van der Waals surface area contributed by atoms with Crippen LogP contribution in [0.1, 0.15) is 25.3 Å². The molecule has 1 aromatic heterocycles. The van der Waals surface area contributed by atoms with Gasteiger partial charge in [0.2, 0.25) is 5.91 Å². The molecule has 3 rings (SSSR count). The van der Waals surface area contributed by atoms with Gasteiger partial charge in [0.1, 0.15) is 6.04 Å². The molecule has 1 aromatic carbocycles. The third kappa shape index (κ3) is 6.13. The van der Waals surface area contributed by atoms with Crippen LogP contribution in [0.25, 0.3) is 6.08 Å². The Kier molecular flexibility index (Phi) is 6.57. The van der Waals surface area contributed by atoms with Crippen molar-refractivity contribution in [2.75, 3.05) is 6.61 Å². The molecule has 7 nitrogen and oxygen atoms in total. The molecule has 8 heteroatoms. The first-order chi connectivity index (χ1) is 13.9. The Morgan fingerprint density at radius 3 is 2.76 bits per heavy atom. The maximum Gasteiger partial charge on any atom is 0.321 e. The number of ether oxygens (including phenoxy) is 2. The van der Waals surface area contributed by atoms with E-state index in [1.807, 2.05) is 0 Å². The zero-order chi connectivity index (χ0) is 20.8. The van der Waals surface area contributed by atoms with Gasteiger partial charge in [-0.05, 0) is 24.8 Å². The van der Waals surface area contributed by atoms with E-state index < -0.39 is 6.04 Å². The summed E-state index contributed by atoms with van der Waals surface area (Å²) in [6.07, 6.45) is 14.1. The van der Waals surface area contributed by atoms with Gasteiger partial charge in [0.15, 0.2) is 17.2 Å². The van der Waals surface area contributed by atoms with Crippen molar-refractivity contribution in [3.05, 3.63) is 41.2 Å². The Balaban J connectivity index is 1.64. The summed E-state index contributed by atoms with van der Waals surface area (Å²) in [5.41, 5.74) is 0.667. The van der Waals surface area contributed by atoms with Crippen LogP contribution in [0.4, 0.5) is 0 Å². The average Bonchev–Trinajstić information content (AvgIpc) is 3.52. The smallest absolute Gasteiger partial charge is 0.321 e. The Morgan fingerprint density at radius 1 is 1.41 bits per heavy atom. The molecule has 1 heterocycles. The number of carbonyl (C=O) groups is 1. The molecule has 150 valence electrons. The van der Waals surface area contributed by atoms with Crippen LogP contribution < -0.4 is 14.8 Å². The second kappa shape index (κ2) is 9.30. The summed E-state index contributed by atoms with van der Waals surface area (Å²) < 4.78 is 11.1. The molecule has 0 radical (unpaired) electrons. The molecule has 1 atom stereocenters. The van der Waals surface area contributed by atoms with Crippen LogP contribution in [0.5, 0.6) is 23.3 Å². The fraction of sp³-hybridized carbons (Fsp3) is 0.286. The minimum absolute atomic E-state index is 0.0606. The minimum atomic E-state index is -0.522. The molecule has 0 unspecified atom stereocenters. The van der Waals surface area contributed by atoms with Crippen LogP contribution >= 0.6 is 11.6 Å². The normalized spacial score (nSPS) is 14.2. The fourth-order valence-corrected chi connectivity index (χ4v) is 2.54. The fourth-order valence-electron chi connectivity index (χ4n) is 2.35. The molecule has 1 fully saturated rings. The van der Waals surface area contributed by atoms with Gasteiger partial charge in [-0.1, -0.05) is 23.6 Å². The van der Waals surface area contributed by atoms with Gasteiger partial charge in [0.05, 0.1) is 11.6 Å². The highest BCUT2D eigenvalue weighted by atomic mass is 35.5. The van der Waals surface area contributed by atoms with E-state index in [1.165, 1.54) is 31.5 Å². The molecule has 1 aliphatic rings. The zero-order valence-electron chi connectivity index (χ0n) is 15.8. The lowest BCUT2D eigenvalue weighted by Crippen LogP contribution is -2.29. The number of phenols is 1. The quantitative estimate of drug-likeness (QED) is 0.642. The molecule has 2 N–H and O–H groups in total. The number of aromatic hydroxyl groups is 1. The van der Waals surface area contributed by atoms with Gasteiger partial charge in [-0.3, -0.25) is 4.79 Å². The monoisotopic (exact) mass is 413 g/mol. The van der Waals surface area contributed by atoms with Gasteiger partial charge in [0.25, 0.3) is 0 Å². The zero-order valence-corrected chi connectivity index (χ0v) is 16.5. The van der Waals surface area contributed by atoms with E-state index in [1.54, 1.807) is 12.2 Å². The first-order valence-corrected chi connectivity index (χ1v) is 9.39. The number of carbonyl (C=O) groups excluding carboxylic acids is 1. The molecule has 1 saturated carbocycles. The number of amides is 1. The number of rotatable bonds is 8. The van der Waals surface area contributed by atoms with Crippen LogP contribution in [-0.2, 0) is 4.79 Å². The van der Waals surface area contributed by atoms with E-state index >= 15 is 0 Å². The predicted molar refractivity (Wildman–Crippen MR) is 109 cm³/mol. The van der Waals surface area contributed by atoms with Crippen LogP contribution in [0.15, 0.2) is 30.6 Å². The molecule has 1 amide bonds. The Morgan fingerprint density at radius 2 is 2.14 bits per heavy atom. The van der Waals surface area contributed by atoms with Crippen LogP contribution in [0, 0.1) is 18.3 Å². The standard InChI is InChI=1S/C21H20ClN3O4/c1-3-16(25-13(2)26)7-6-15-10-23-21(24-11-15)29-19-9-18(27)20(8-17(19)22)28-12-14-4-5-14/h1,6-11,14,16,27H,4-5,12H2,2H3,(H,25,26)/b7-6+/t16-/m0/s1. The van der Waals surface area contributed by atoms with Gasteiger partial charge in [-0.25, -0.2) is 9.97 Å². The number of benzene rings is 1. The summed E-state index contributed by atoms with van der Waals surface area (Å²) in [5.74, 6) is 3.25. The van der Waals surface area contributed by atoms with Gasteiger partial charge in [0, 0.05) is 37.0 Å². The molecule has 1 aliphatic carbocycles. The highest BCUT2D eigenvalue weighted by molar-refractivity contribution is 6.32. The van der Waals surface area contributed by atoms with E-state index in [0.717, 1.165) is 12.8 Å². The predicted octanol–water partition coefficient (Wildman–Crippen LogP) is 3.57. The number of halogens is 1. The van der Waals surface area contributed by atoms with Crippen LogP contribution in [0.2, 0.25) is 5.02 Å². The summed E-state index contributed by atoms with van der Waals surface area (Å²) in [6, 6.07) is 2.41. The molecule has 2 aromatic rings. The van der Waals surface area contributed by atoms with Crippen molar-refractivity contribution in [2.24, 2.45) is 5.92 Å². The second-order valence-corrected chi connectivity index (χ2v) is 7.02. The average molecular weight is 414 g/mol. The van der Waals surface area contributed by atoms with Crippen molar-refractivity contribution in [3.63, 3.8) is 0 Å². The van der Waals surface area contributed by atoms with Gasteiger partial charge in [-0.2, -0.15) is 0 Å². The molecule has 0 spiro atoms. The largest absolute Gasteiger partial charge is 0.504 e. The number of nitrogens with one attached hydrogen (secondary N) is 1. The minimum Gasteiger partial charge on any atom is -0.504 e. The number of hydrogen-bond donors (Lipinski definition) is 2. The first kappa shape index (κ1) is 20.5. The highest BCUT2D eigenvalue weighted by Crippen LogP contribution is 2.39. The van der Waals surface area contributed by atoms with Crippen molar-refractivity contribution in [3.8, 4) is 35.6 Å². The number of aromatic nitrogens is 2. The molecular weight excluding hydrogens is 394 g/mol. The second-order valence-electron chi connectivity index (χ2n) is 6.61. The maximum absolute atomic E-state index is 11.1. The van der Waals surface area contributed by atoms with E-state index in [4.69, 9.17) is 27.5 Å². The topological polar surface area (TPSA) is 93.6 Å².